The zero-order chi connectivity index (χ0) is 38.9. The number of nitrogens with zero attached hydrogens (tertiary/aromatic N) is 3. The summed E-state index contributed by atoms with van der Waals surface area (Å²) in [5.74, 6) is 1.90. The number of hydrogen-bond acceptors (Lipinski definition) is 3. The van der Waals surface area contributed by atoms with E-state index in [0.717, 1.165) is 27.8 Å². The fraction of sp³-hybridized carbons (Fsp3) is 0.0179. The van der Waals surface area contributed by atoms with Gasteiger partial charge in [0.1, 0.15) is 0 Å². The van der Waals surface area contributed by atoms with Gasteiger partial charge >= 0.3 is 0 Å². The molecule has 2 aliphatic carbocycles. The fourth-order valence-electron chi connectivity index (χ4n) is 9.82. The van der Waals surface area contributed by atoms with Gasteiger partial charge in [-0.2, -0.15) is 0 Å². The highest BCUT2D eigenvalue weighted by molar-refractivity contribution is 6.06. The monoisotopic (exact) mass is 749 g/mol. The van der Waals surface area contributed by atoms with Crippen LogP contribution in [0.15, 0.2) is 212 Å². The first kappa shape index (κ1) is 33.4. The standard InChI is InChI=1S/C56H35N3/c1-3-16-36(17-4-1)39-21-15-22-40(34-39)54-57-53(38-19-5-2-6-20-38)58-55(59-54)41-30-32-46-44-25-10-9-24-43(44)45-26-11-13-28-48(45)56(51(46)35-41)49-29-14-12-27-47(49)52-42-23-8-7-18-37(42)31-33-50(52)56/h1-35H. The molecule has 0 saturated carbocycles. The Hall–Kier alpha value is -7.75. The molecule has 0 saturated heterocycles. The quantitative estimate of drug-likeness (QED) is 0.180. The molecule has 0 amide bonds. The summed E-state index contributed by atoms with van der Waals surface area (Å²) in [5.41, 5.74) is 16.9. The summed E-state index contributed by atoms with van der Waals surface area (Å²) in [5, 5.41) is 2.50. The molecule has 2 aliphatic rings. The Morgan fingerprint density at radius 1 is 0.271 bits per heavy atom. The highest BCUT2D eigenvalue weighted by atomic mass is 15.0. The van der Waals surface area contributed by atoms with Gasteiger partial charge in [0.05, 0.1) is 5.41 Å². The van der Waals surface area contributed by atoms with Crippen molar-refractivity contribution in [3.63, 3.8) is 0 Å². The lowest BCUT2D eigenvalue weighted by atomic mass is 9.65. The Labute approximate surface area is 343 Å². The topological polar surface area (TPSA) is 38.7 Å². The summed E-state index contributed by atoms with van der Waals surface area (Å²) in [4.78, 5) is 15.7. The van der Waals surface area contributed by atoms with Gasteiger partial charge in [0.2, 0.25) is 0 Å². The van der Waals surface area contributed by atoms with Crippen molar-refractivity contribution >= 4 is 10.8 Å². The highest BCUT2D eigenvalue weighted by Crippen LogP contribution is 2.62. The molecule has 12 rings (SSSR count). The third-order valence-corrected chi connectivity index (χ3v) is 12.3. The lowest BCUT2D eigenvalue weighted by Gasteiger charge is -2.35. The van der Waals surface area contributed by atoms with Crippen molar-refractivity contribution < 1.29 is 0 Å². The molecule has 1 aromatic heterocycles. The first-order valence-electron chi connectivity index (χ1n) is 20.2. The lowest BCUT2D eigenvalue weighted by Crippen LogP contribution is -2.29. The number of benzene rings is 9. The molecular weight excluding hydrogens is 715 g/mol. The summed E-state index contributed by atoms with van der Waals surface area (Å²) >= 11 is 0. The van der Waals surface area contributed by atoms with Gasteiger partial charge in [-0.05, 0) is 89.7 Å². The molecule has 0 fully saturated rings. The maximum absolute atomic E-state index is 5.32. The zero-order valence-corrected chi connectivity index (χ0v) is 32.0. The number of rotatable bonds is 4. The van der Waals surface area contributed by atoms with Crippen LogP contribution < -0.4 is 0 Å². The molecule has 0 radical (unpaired) electrons. The molecule has 3 heteroatoms. The zero-order valence-electron chi connectivity index (χ0n) is 32.0. The normalized spacial score (nSPS) is 14.5. The van der Waals surface area contributed by atoms with Gasteiger partial charge in [0.15, 0.2) is 17.5 Å². The van der Waals surface area contributed by atoms with Crippen LogP contribution in [0.3, 0.4) is 0 Å². The minimum absolute atomic E-state index is 0.632. The molecule has 3 nitrogen and oxygen atoms in total. The number of aromatic nitrogens is 3. The molecule has 0 aliphatic heterocycles. The Balaban J connectivity index is 1.17. The van der Waals surface area contributed by atoms with Crippen molar-refractivity contribution in [1.29, 1.82) is 0 Å². The van der Waals surface area contributed by atoms with E-state index in [1.54, 1.807) is 0 Å². The Morgan fingerprint density at radius 2 is 0.780 bits per heavy atom. The fourth-order valence-corrected chi connectivity index (χ4v) is 9.82. The molecule has 1 atom stereocenters. The second kappa shape index (κ2) is 13.2. The van der Waals surface area contributed by atoms with Crippen LogP contribution in [0.2, 0.25) is 0 Å². The number of hydrogen-bond donors (Lipinski definition) is 0. The minimum atomic E-state index is -0.640. The van der Waals surface area contributed by atoms with Gasteiger partial charge in [-0.25, -0.2) is 15.0 Å². The maximum atomic E-state index is 5.32. The van der Waals surface area contributed by atoms with E-state index in [1.807, 2.05) is 24.3 Å². The predicted octanol–water partition coefficient (Wildman–Crippen LogP) is 13.7. The van der Waals surface area contributed by atoms with Gasteiger partial charge in [0, 0.05) is 16.7 Å². The third-order valence-electron chi connectivity index (χ3n) is 12.3. The van der Waals surface area contributed by atoms with Gasteiger partial charge in [-0.1, -0.05) is 200 Å². The summed E-state index contributed by atoms with van der Waals surface area (Å²) in [6, 6.07) is 76.5. The van der Waals surface area contributed by atoms with E-state index >= 15 is 0 Å². The first-order chi connectivity index (χ1) is 29.3. The molecule has 1 heterocycles. The van der Waals surface area contributed by atoms with Gasteiger partial charge < -0.3 is 0 Å². The molecule has 274 valence electrons. The average Bonchev–Trinajstić information content (AvgIpc) is 3.57. The van der Waals surface area contributed by atoms with Crippen molar-refractivity contribution in [2.75, 3.05) is 0 Å². The molecular formula is C56H35N3. The van der Waals surface area contributed by atoms with E-state index < -0.39 is 5.41 Å². The van der Waals surface area contributed by atoms with E-state index in [4.69, 9.17) is 15.0 Å². The molecule has 0 N–H and O–H groups in total. The Morgan fingerprint density at radius 3 is 1.51 bits per heavy atom. The summed E-state index contributed by atoms with van der Waals surface area (Å²) in [6.07, 6.45) is 0. The molecule has 59 heavy (non-hydrogen) atoms. The Bertz CT molecular complexity index is 3280. The van der Waals surface area contributed by atoms with Crippen LogP contribution in [0.1, 0.15) is 22.3 Å². The maximum Gasteiger partial charge on any atom is 0.164 e. The van der Waals surface area contributed by atoms with Crippen molar-refractivity contribution in [2.45, 2.75) is 5.41 Å². The highest BCUT2D eigenvalue weighted by Gasteiger charge is 2.50. The number of fused-ring (bicyclic) bond motifs is 14. The second-order valence-electron chi connectivity index (χ2n) is 15.5. The van der Waals surface area contributed by atoms with Gasteiger partial charge in [-0.3, -0.25) is 0 Å². The van der Waals surface area contributed by atoms with E-state index in [2.05, 4.69) is 188 Å². The molecule has 1 unspecified atom stereocenters. The van der Waals surface area contributed by atoms with Gasteiger partial charge in [0.25, 0.3) is 0 Å². The predicted molar refractivity (Wildman–Crippen MR) is 241 cm³/mol. The van der Waals surface area contributed by atoms with E-state index in [-0.39, 0.29) is 0 Å². The van der Waals surface area contributed by atoms with Crippen LogP contribution in [0.4, 0.5) is 0 Å². The first-order valence-corrected chi connectivity index (χ1v) is 20.2. The molecule has 9 aromatic carbocycles. The van der Waals surface area contributed by atoms with Crippen LogP contribution in [-0.4, -0.2) is 15.0 Å². The van der Waals surface area contributed by atoms with Gasteiger partial charge in [-0.15, -0.1) is 0 Å². The summed E-state index contributed by atoms with van der Waals surface area (Å²) in [7, 11) is 0. The molecule has 10 aromatic rings. The smallest absolute Gasteiger partial charge is 0.164 e. The van der Waals surface area contributed by atoms with Crippen LogP contribution in [0.5, 0.6) is 0 Å². The second-order valence-corrected chi connectivity index (χ2v) is 15.5. The summed E-state index contributed by atoms with van der Waals surface area (Å²) in [6.45, 7) is 0. The lowest BCUT2D eigenvalue weighted by molar-refractivity contribution is 0.776. The SMILES string of the molecule is c1ccc(-c2cccc(-c3nc(-c4ccccc4)nc(-c4ccc5c(c4)C4(c6ccccc6-c6ccccc6-5)c5ccccc5-c5c4ccc4ccccc54)n3)c2)cc1. The molecule has 1 spiro atoms. The van der Waals surface area contributed by atoms with Crippen molar-refractivity contribution in [2.24, 2.45) is 0 Å². The van der Waals surface area contributed by atoms with Crippen LogP contribution >= 0.6 is 0 Å². The van der Waals surface area contributed by atoms with Crippen molar-refractivity contribution in [3.05, 3.63) is 235 Å². The van der Waals surface area contributed by atoms with Crippen molar-refractivity contribution in [1.82, 2.24) is 15.0 Å². The van der Waals surface area contributed by atoms with E-state index in [9.17, 15) is 0 Å². The minimum Gasteiger partial charge on any atom is -0.208 e. The van der Waals surface area contributed by atoms with Crippen LogP contribution in [0.25, 0.3) is 89.4 Å². The average molecular weight is 750 g/mol. The summed E-state index contributed by atoms with van der Waals surface area (Å²) < 4.78 is 0. The van der Waals surface area contributed by atoms with Crippen LogP contribution in [-0.2, 0) is 5.41 Å². The van der Waals surface area contributed by atoms with E-state index in [0.29, 0.717) is 17.5 Å². The van der Waals surface area contributed by atoms with Crippen LogP contribution in [0, 0.1) is 0 Å². The third kappa shape index (κ3) is 5.05. The molecule has 0 bridgehead atoms. The largest absolute Gasteiger partial charge is 0.208 e. The van der Waals surface area contributed by atoms with E-state index in [1.165, 1.54) is 66.4 Å². The Kier molecular flexibility index (Phi) is 7.45. The van der Waals surface area contributed by atoms with Crippen molar-refractivity contribution in [3.8, 4) is 78.7 Å².